The van der Waals surface area contributed by atoms with Gasteiger partial charge < -0.3 is 19.2 Å². The lowest BCUT2D eigenvalue weighted by Gasteiger charge is -2.13. The van der Waals surface area contributed by atoms with Crippen molar-refractivity contribution >= 4 is 22.6 Å². The van der Waals surface area contributed by atoms with Crippen LogP contribution < -0.4 is 20.4 Å². The van der Waals surface area contributed by atoms with Crippen molar-refractivity contribution in [2.45, 2.75) is 20.0 Å². The number of ether oxygens (including phenoxy) is 2. The molecular formula is C26H23NO5. The van der Waals surface area contributed by atoms with Crippen LogP contribution >= 0.6 is 0 Å². The number of para-hydroxylation sites is 1. The van der Waals surface area contributed by atoms with Crippen LogP contribution in [0, 0.1) is 0 Å². The Morgan fingerprint density at radius 1 is 0.969 bits per heavy atom. The molecule has 0 aliphatic rings. The third-order valence-corrected chi connectivity index (χ3v) is 4.89. The molecule has 6 heteroatoms. The van der Waals surface area contributed by atoms with E-state index in [4.69, 9.17) is 13.9 Å². The summed E-state index contributed by atoms with van der Waals surface area (Å²) in [5, 5.41) is 3.68. The van der Waals surface area contributed by atoms with Gasteiger partial charge in [-0.2, -0.15) is 0 Å². The maximum absolute atomic E-state index is 12.8. The fourth-order valence-corrected chi connectivity index (χ4v) is 3.39. The van der Waals surface area contributed by atoms with E-state index in [9.17, 15) is 9.59 Å². The highest BCUT2D eigenvalue weighted by Crippen LogP contribution is 2.31. The summed E-state index contributed by atoms with van der Waals surface area (Å²) in [7, 11) is 1.52. The molecule has 0 saturated carbocycles. The second-order valence-corrected chi connectivity index (χ2v) is 7.55. The Kier molecular flexibility index (Phi) is 5.94. The lowest BCUT2D eigenvalue weighted by Crippen LogP contribution is -2.13. The minimum Gasteiger partial charge on any atom is -0.495 e. The van der Waals surface area contributed by atoms with Crippen molar-refractivity contribution in [3.05, 3.63) is 88.8 Å². The molecule has 0 aliphatic heterocycles. The summed E-state index contributed by atoms with van der Waals surface area (Å²) in [6.45, 7) is 3.88. The molecular weight excluding hydrogens is 406 g/mol. The van der Waals surface area contributed by atoms with Gasteiger partial charge in [-0.05, 0) is 67.9 Å². The molecule has 1 N–H and O–H groups in total. The first-order valence-corrected chi connectivity index (χ1v) is 10.2. The number of amides is 1. The van der Waals surface area contributed by atoms with E-state index >= 15 is 0 Å². The Balaban J connectivity index is 1.65. The predicted octanol–water partition coefficient (Wildman–Crippen LogP) is 5.51. The molecule has 3 aromatic carbocycles. The molecule has 1 amide bonds. The molecule has 4 aromatic rings. The number of hydrogen-bond donors (Lipinski definition) is 1. The van der Waals surface area contributed by atoms with Gasteiger partial charge in [0.05, 0.1) is 24.5 Å². The number of benzene rings is 3. The molecule has 1 heterocycles. The monoisotopic (exact) mass is 429 g/mol. The Labute approximate surface area is 185 Å². The van der Waals surface area contributed by atoms with Crippen LogP contribution in [0.1, 0.15) is 24.2 Å². The van der Waals surface area contributed by atoms with Crippen molar-refractivity contribution < 1.29 is 18.7 Å². The minimum absolute atomic E-state index is 0.0504. The van der Waals surface area contributed by atoms with Gasteiger partial charge in [0.1, 0.15) is 17.1 Å². The van der Waals surface area contributed by atoms with Crippen LogP contribution in [0.5, 0.6) is 11.5 Å². The molecule has 0 radical (unpaired) electrons. The molecule has 6 nitrogen and oxygen atoms in total. The van der Waals surface area contributed by atoms with Gasteiger partial charge in [-0.3, -0.25) is 4.79 Å². The van der Waals surface area contributed by atoms with Crippen molar-refractivity contribution in [3.63, 3.8) is 0 Å². The second-order valence-electron chi connectivity index (χ2n) is 7.55. The summed E-state index contributed by atoms with van der Waals surface area (Å²) < 4.78 is 16.5. The highest BCUT2D eigenvalue weighted by atomic mass is 16.5. The quantitative estimate of drug-likeness (QED) is 0.409. The van der Waals surface area contributed by atoms with Gasteiger partial charge in [-0.25, -0.2) is 4.79 Å². The van der Waals surface area contributed by atoms with Gasteiger partial charge in [-0.15, -0.1) is 0 Å². The largest absolute Gasteiger partial charge is 0.495 e. The average Bonchev–Trinajstić information content (AvgIpc) is 2.78. The van der Waals surface area contributed by atoms with Crippen molar-refractivity contribution in [1.82, 2.24) is 0 Å². The van der Waals surface area contributed by atoms with Gasteiger partial charge in [0.25, 0.3) is 5.91 Å². The SMILES string of the molecule is COc1ccc(-c2cc3ccccc3oc2=O)cc1NC(=O)c1ccc(OC(C)C)cc1. The van der Waals surface area contributed by atoms with Crippen molar-refractivity contribution in [1.29, 1.82) is 0 Å². The van der Waals surface area contributed by atoms with Crippen molar-refractivity contribution in [2.75, 3.05) is 12.4 Å². The van der Waals surface area contributed by atoms with E-state index < -0.39 is 5.63 Å². The van der Waals surface area contributed by atoms with Crippen LogP contribution in [0.3, 0.4) is 0 Å². The maximum Gasteiger partial charge on any atom is 0.344 e. The fourth-order valence-electron chi connectivity index (χ4n) is 3.39. The number of carbonyl (C=O) groups is 1. The first kappa shape index (κ1) is 21.2. The van der Waals surface area contributed by atoms with E-state index in [1.165, 1.54) is 7.11 Å². The summed E-state index contributed by atoms with van der Waals surface area (Å²) in [5.41, 5.74) is 2.00. The Morgan fingerprint density at radius 3 is 2.44 bits per heavy atom. The van der Waals surface area contributed by atoms with Crippen molar-refractivity contribution in [3.8, 4) is 22.6 Å². The van der Waals surface area contributed by atoms with Crippen molar-refractivity contribution in [2.24, 2.45) is 0 Å². The molecule has 162 valence electrons. The third kappa shape index (κ3) is 4.49. The van der Waals surface area contributed by atoms with Crippen LogP contribution in [0.15, 0.2) is 82.0 Å². The number of hydrogen-bond acceptors (Lipinski definition) is 5. The van der Waals surface area contributed by atoms with E-state index in [1.807, 2.05) is 32.0 Å². The van der Waals surface area contributed by atoms with Crippen LogP contribution in [-0.2, 0) is 0 Å². The zero-order valence-electron chi connectivity index (χ0n) is 18.0. The summed E-state index contributed by atoms with van der Waals surface area (Å²) in [6.07, 6.45) is 0.0504. The molecule has 32 heavy (non-hydrogen) atoms. The first-order valence-electron chi connectivity index (χ1n) is 10.2. The number of methoxy groups -OCH3 is 1. The molecule has 0 fully saturated rings. The van der Waals surface area contributed by atoms with Gasteiger partial charge in [0.15, 0.2) is 0 Å². The zero-order valence-corrected chi connectivity index (χ0v) is 18.0. The Hall–Kier alpha value is -4.06. The summed E-state index contributed by atoms with van der Waals surface area (Å²) in [6, 6.07) is 21.2. The zero-order chi connectivity index (χ0) is 22.7. The molecule has 0 aliphatic carbocycles. The fraction of sp³-hybridized carbons (Fsp3) is 0.154. The maximum atomic E-state index is 12.8. The number of nitrogens with one attached hydrogen (secondary N) is 1. The van der Waals surface area contributed by atoms with Crippen LogP contribution in [0.2, 0.25) is 0 Å². The summed E-state index contributed by atoms with van der Waals surface area (Å²) in [5.74, 6) is 0.869. The molecule has 0 saturated heterocycles. The molecule has 1 aromatic heterocycles. The molecule has 0 spiro atoms. The normalized spacial score (nSPS) is 10.9. The number of fused-ring (bicyclic) bond motifs is 1. The van der Waals surface area contributed by atoms with E-state index in [0.29, 0.717) is 39.5 Å². The molecule has 0 bridgehead atoms. The van der Waals surface area contributed by atoms with Crippen LogP contribution in [0.25, 0.3) is 22.1 Å². The van der Waals surface area contributed by atoms with Gasteiger partial charge in [0, 0.05) is 10.9 Å². The number of anilines is 1. The smallest absolute Gasteiger partial charge is 0.344 e. The van der Waals surface area contributed by atoms with E-state index in [0.717, 1.165) is 5.39 Å². The molecule has 4 rings (SSSR count). The Bertz CT molecular complexity index is 1320. The van der Waals surface area contributed by atoms with Gasteiger partial charge in [0.2, 0.25) is 0 Å². The highest BCUT2D eigenvalue weighted by Gasteiger charge is 2.14. The third-order valence-electron chi connectivity index (χ3n) is 4.89. The minimum atomic E-state index is -0.452. The van der Waals surface area contributed by atoms with Gasteiger partial charge >= 0.3 is 5.63 Å². The highest BCUT2D eigenvalue weighted by molar-refractivity contribution is 6.05. The first-order chi connectivity index (χ1) is 15.4. The standard InChI is InChI=1S/C26H23NO5/c1-16(2)31-20-11-8-17(9-12-20)25(28)27-22-15-18(10-13-24(22)30-3)21-14-19-6-4-5-7-23(19)32-26(21)29/h4-16H,1-3H3,(H,27,28). The van der Waals surface area contributed by atoms with E-state index in [2.05, 4.69) is 5.32 Å². The average molecular weight is 429 g/mol. The number of carbonyl (C=O) groups excluding carboxylic acids is 1. The lowest BCUT2D eigenvalue weighted by molar-refractivity contribution is 0.102. The predicted molar refractivity (Wildman–Crippen MR) is 125 cm³/mol. The van der Waals surface area contributed by atoms with Crippen LogP contribution in [-0.4, -0.2) is 19.1 Å². The summed E-state index contributed by atoms with van der Waals surface area (Å²) >= 11 is 0. The van der Waals surface area contributed by atoms with E-state index in [1.54, 1.807) is 54.6 Å². The molecule has 0 unspecified atom stereocenters. The lowest BCUT2D eigenvalue weighted by atomic mass is 10.0. The Morgan fingerprint density at radius 2 is 1.72 bits per heavy atom. The second kappa shape index (κ2) is 8.98. The molecule has 0 atom stereocenters. The summed E-state index contributed by atoms with van der Waals surface area (Å²) in [4.78, 5) is 25.4. The number of rotatable bonds is 6. The van der Waals surface area contributed by atoms with Gasteiger partial charge in [-0.1, -0.05) is 24.3 Å². The van der Waals surface area contributed by atoms with Crippen LogP contribution in [0.4, 0.5) is 5.69 Å². The van der Waals surface area contributed by atoms with E-state index in [-0.39, 0.29) is 12.0 Å². The topological polar surface area (TPSA) is 77.8 Å².